The van der Waals surface area contributed by atoms with E-state index in [1.54, 1.807) is 25.1 Å². The van der Waals surface area contributed by atoms with Crippen molar-refractivity contribution in [3.05, 3.63) is 59.7 Å². The molecule has 0 aromatic heterocycles. The van der Waals surface area contributed by atoms with E-state index in [1.165, 1.54) is 12.1 Å². The Morgan fingerprint density at radius 3 is 2.62 bits per heavy atom. The maximum atomic E-state index is 12.4. The Labute approximate surface area is 151 Å². The summed E-state index contributed by atoms with van der Waals surface area (Å²) in [6, 6.07) is 12.1. The number of nitrogens with one attached hydrogen (secondary N) is 1. The fraction of sp³-hybridized carbons (Fsp3) is 0.250. The number of alkyl halides is 2. The number of aryl methyl sites for hydroxylation is 1. The Balaban J connectivity index is 2.11. The summed E-state index contributed by atoms with van der Waals surface area (Å²) in [7, 11) is 0. The summed E-state index contributed by atoms with van der Waals surface area (Å²) < 4.78 is 34.6. The second-order valence-electron chi connectivity index (χ2n) is 5.35. The van der Waals surface area contributed by atoms with Gasteiger partial charge in [-0.05, 0) is 48.7 Å². The van der Waals surface area contributed by atoms with Gasteiger partial charge in [0.05, 0.1) is 6.61 Å². The fourth-order valence-corrected chi connectivity index (χ4v) is 2.39. The molecular formula is C20H21F2NO3. The van der Waals surface area contributed by atoms with Gasteiger partial charge in [-0.25, -0.2) is 0 Å². The molecule has 2 rings (SSSR count). The zero-order chi connectivity index (χ0) is 18.9. The van der Waals surface area contributed by atoms with Crippen LogP contribution in [0.1, 0.15) is 25.0 Å². The molecule has 2 aromatic carbocycles. The average molecular weight is 361 g/mol. The van der Waals surface area contributed by atoms with Gasteiger partial charge in [0.1, 0.15) is 0 Å². The molecule has 0 heterocycles. The first-order valence-corrected chi connectivity index (χ1v) is 8.32. The molecule has 2 aromatic rings. The molecule has 0 unspecified atom stereocenters. The van der Waals surface area contributed by atoms with E-state index in [0.29, 0.717) is 12.2 Å². The Hall–Kier alpha value is -2.89. The van der Waals surface area contributed by atoms with Gasteiger partial charge in [-0.3, -0.25) is 4.79 Å². The number of carbonyl (C=O) groups excluding carboxylic acids is 1. The van der Waals surface area contributed by atoms with Crippen LogP contribution in [0.2, 0.25) is 0 Å². The number of para-hydroxylation sites is 1. The molecule has 0 aliphatic carbocycles. The lowest BCUT2D eigenvalue weighted by Crippen LogP contribution is -2.09. The van der Waals surface area contributed by atoms with Crippen LogP contribution in [0.3, 0.4) is 0 Å². The third-order valence-electron chi connectivity index (χ3n) is 3.57. The molecule has 0 saturated heterocycles. The smallest absolute Gasteiger partial charge is 0.387 e. The first-order valence-electron chi connectivity index (χ1n) is 8.32. The summed E-state index contributed by atoms with van der Waals surface area (Å²) in [5.41, 5.74) is 2.44. The summed E-state index contributed by atoms with van der Waals surface area (Å²) >= 11 is 0. The molecule has 0 radical (unpaired) electrons. The van der Waals surface area contributed by atoms with Crippen LogP contribution in [0.5, 0.6) is 11.5 Å². The first-order chi connectivity index (χ1) is 12.5. The Kier molecular flexibility index (Phi) is 7.14. The molecule has 0 spiro atoms. The van der Waals surface area contributed by atoms with Crippen LogP contribution in [0.4, 0.5) is 14.5 Å². The zero-order valence-corrected chi connectivity index (χ0v) is 14.7. The predicted octanol–water partition coefficient (Wildman–Crippen LogP) is 4.90. The summed E-state index contributed by atoms with van der Waals surface area (Å²) in [5, 5.41) is 2.83. The van der Waals surface area contributed by atoms with Gasteiger partial charge in [0.25, 0.3) is 0 Å². The van der Waals surface area contributed by atoms with Gasteiger partial charge >= 0.3 is 6.61 Å². The second kappa shape index (κ2) is 9.56. The van der Waals surface area contributed by atoms with Crippen LogP contribution in [0.25, 0.3) is 6.08 Å². The van der Waals surface area contributed by atoms with E-state index in [9.17, 15) is 13.6 Å². The van der Waals surface area contributed by atoms with Crippen molar-refractivity contribution >= 4 is 17.7 Å². The molecule has 0 bridgehead atoms. The number of benzene rings is 2. The first kappa shape index (κ1) is 19.4. The van der Waals surface area contributed by atoms with Gasteiger partial charge in [-0.2, -0.15) is 8.78 Å². The number of amides is 1. The third kappa shape index (κ3) is 5.58. The lowest BCUT2D eigenvalue weighted by molar-refractivity contribution is -0.111. The lowest BCUT2D eigenvalue weighted by Gasteiger charge is -2.11. The number of halogens is 2. The molecule has 4 nitrogen and oxygen atoms in total. The Morgan fingerprint density at radius 2 is 1.92 bits per heavy atom. The van der Waals surface area contributed by atoms with Gasteiger partial charge in [-0.15, -0.1) is 0 Å². The molecule has 1 amide bonds. The summed E-state index contributed by atoms with van der Waals surface area (Å²) in [6.45, 7) is 1.13. The van der Waals surface area contributed by atoms with E-state index in [4.69, 9.17) is 4.74 Å². The van der Waals surface area contributed by atoms with E-state index in [0.717, 1.165) is 17.7 Å². The lowest BCUT2D eigenvalue weighted by atomic mass is 10.1. The number of ether oxygens (including phenoxy) is 2. The van der Waals surface area contributed by atoms with Crippen molar-refractivity contribution in [1.82, 2.24) is 0 Å². The Bertz CT molecular complexity index is 775. The van der Waals surface area contributed by atoms with Gasteiger partial charge in [0.15, 0.2) is 11.5 Å². The van der Waals surface area contributed by atoms with Crippen molar-refractivity contribution in [3.8, 4) is 11.5 Å². The van der Waals surface area contributed by atoms with Gasteiger partial charge in [0, 0.05) is 11.8 Å². The number of hydrogen-bond donors (Lipinski definition) is 1. The highest BCUT2D eigenvalue weighted by Crippen LogP contribution is 2.30. The van der Waals surface area contributed by atoms with E-state index in [1.807, 2.05) is 31.2 Å². The molecule has 138 valence electrons. The molecule has 1 N–H and O–H groups in total. The fourth-order valence-electron chi connectivity index (χ4n) is 2.39. The maximum absolute atomic E-state index is 12.4. The van der Waals surface area contributed by atoms with Crippen LogP contribution in [0, 0.1) is 0 Å². The van der Waals surface area contributed by atoms with Crippen LogP contribution in [0.15, 0.2) is 48.5 Å². The molecule has 0 aliphatic heterocycles. The highest BCUT2D eigenvalue weighted by Gasteiger charge is 2.11. The molecule has 0 saturated carbocycles. The molecule has 0 fully saturated rings. The monoisotopic (exact) mass is 361 g/mol. The van der Waals surface area contributed by atoms with Crippen LogP contribution < -0.4 is 14.8 Å². The Morgan fingerprint density at radius 1 is 1.15 bits per heavy atom. The van der Waals surface area contributed by atoms with Crippen LogP contribution in [-0.2, 0) is 11.2 Å². The van der Waals surface area contributed by atoms with E-state index in [2.05, 4.69) is 10.1 Å². The largest absolute Gasteiger partial charge is 0.490 e. The van der Waals surface area contributed by atoms with E-state index in [-0.39, 0.29) is 17.4 Å². The zero-order valence-electron chi connectivity index (χ0n) is 14.7. The molecule has 6 heteroatoms. The van der Waals surface area contributed by atoms with Crippen molar-refractivity contribution in [2.45, 2.75) is 26.9 Å². The number of rotatable bonds is 8. The van der Waals surface area contributed by atoms with Gasteiger partial charge in [-0.1, -0.05) is 31.2 Å². The van der Waals surface area contributed by atoms with Crippen molar-refractivity contribution < 1.29 is 23.0 Å². The SMILES string of the molecule is CCOc1cc(/C=C/C(=O)Nc2ccccc2CC)ccc1OC(F)F. The molecule has 0 aliphatic rings. The number of anilines is 1. The molecule has 26 heavy (non-hydrogen) atoms. The molecular weight excluding hydrogens is 340 g/mol. The van der Waals surface area contributed by atoms with Crippen LogP contribution in [-0.4, -0.2) is 19.1 Å². The number of carbonyl (C=O) groups is 1. The van der Waals surface area contributed by atoms with Gasteiger partial charge in [0.2, 0.25) is 5.91 Å². The third-order valence-corrected chi connectivity index (χ3v) is 3.57. The minimum atomic E-state index is -2.93. The topological polar surface area (TPSA) is 47.6 Å². The summed E-state index contributed by atoms with van der Waals surface area (Å²) in [4.78, 5) is 12.1. The van der Waals surface area contributed by atoms with Crippen molar-refractivity contribution in [2.24, 2.45) is 0 Å². The van der Waals surface area contributed by atoms with Gasteiger partial charge < -0.3 is 14.8 Å². The summed E-state index contributed by atoms with van der Waals surface area (Å²) in [5.74, 6) is -0.122. The highest BCUT2D eigenvalue weighted by molar-refractivity contribution is 6.02. The normalized spacial score (nSPS) is 11.0. The molecule has 0 atom stereocenters. The van der Waals surface area contributed by atoms with Crippen LogP contribution >= 0.6 is 0 Å². The minimum absolute atomic E-state index is 0.0414. The van der Waals surface area contributed by atoms with E-state index < -0.39 is 6.61 Å². The minimum Gasteiger partial charge on any atom is -0.490 e. The maximum Gasteiger partial charge on any atom is 0.387 e. The number of hydrogen-bond acceptors (Lipinski definition) is 3. The van der Waals surface area contributed by atoms with Crippen molar-refractivity contribution in [1.29, 1.82) is 0 Å². The highest BCUT2D eigenvalue weighted by atomic mass is 19.3. The average Bonchev–Trinajstić information content (AvgIpc) is 2.62. The van der Waals surface area contributed by atoms with E-state index >= 15 is 0 Å². The predicted molar refractivity (Wildman–Crippen MR) is 97.7 cm³/mol. The van der Waals surface area contributed by atoms with Crippen molar-refractivity contribution in [3.63, 3.8) is 0 Å². The summed E-state index contributed by atoms with van der Waals surface area (Å²) in [6.07, 6.45) is 3.77. The second-order valence-corrected chi connectivity index (χ2v) is 5.35. The quantitative estimate of drug-likeness (QED) is 0.680. The standard InChI is InChI=1S/C20H21F2NO3/c1-3-15-7-5-6-8-16(15)23-19(24)12-10-14-9-11-17(26-20(21)22)18(13-14)25-4-2/h5-13,20H,3-4H2,1-2H3,(H,23,24)/b12-10+. The van der Waals surface area contributed by atoms with Crippen molar-refractivity contribution in [2.75, 3.05) is 11.9 Å².